The highest BCUT2D eigenvalue weighted by Crippen LogP contribution is 2.25. The largest absolute Gasteiger partial charge is 0.481 e. The lowest BCUT2D eigenvalue weighted by molar-refractivity contribution is 0.218. The van der Waals surface area contributed by atoms with E-state index in [2.05, 4.69) is 9.97 Å². The van der Waals surface area contributed by atoms with Crippen molar-refractivity contribution in [2.45, 2.75) is 6.10 Å². The van der Waals surface area contributed by atoms with Crippen LogP contribution in [0.25, 0.3) is 0 Å². The minimum absolute atomic E-state index is 0.454. The van der Waals surface area contributed by atoms with Gasteiger partial charge < -0.3 is 9.84 Å². The lowest BCUT2D eigenvalue weighted by Crippen LogP contribution is -2.01. The zero-order valence-corrected chi connectivity index (χ0v) is 8.94. The van der Waals surface area contributed by atoms with Crippen LogP contribution in [0.4, 0.5) is 0 Å². The number of aliphatic hydroxyl groups is 1. The number of methoxy groups -OCH3 is 1. The standard InChI is InChI=1S/C10H10N2O2S/c1-14-9-5-7(11-6-12-9)10(13)8-3-2-4-15-8/h2-6,10,13H,1H3. The average Bonchev–Trinajstić information content (AvgIpc) is 2.81. The Morgan fingerprint density at radius 2 is 2.33 bits per heavy atom. The van der Waals surface area contributed by atoms with E-state index in [1.165, 1.54) is 24.8 Å². The molecule has 0 aromatic carbocycles. The van der Waals surface area contributed by atoms with Crippen LogP contribution < -0.4 is 4.74 Å². The Kier molecular flexibility index (Phi) is 2.94. The van der Waals surface area contributed by atoms with Gasteiger partial charge in [0.05, 0.1) is 12.8 Å². The zero-order valence-electron chi connectivity index (χ0n) is 8.12. The van der Waals surface area contributed by atoms with Crippen LogP contribution in [0.2, 0.25) is 0 Å². The first-order valence-electron chi connectivity index (χ1n) is 4.38. The highest BCUT2D eigenvalue weighted by molar-refractivity contribution is 7.10. The molecule has 1 atom stereocenters. The van der Waals surface area contributed by atoms with Gasteiger partial charge in [-0.3, -0.25) is 0 Å². The predicted octanol–water partition coefficient (Wildman–Crippen LogP) is 1.63. The second-order valence-corrected chi connectivity index (χ2v) is 3.88. The fourth-order valence-corrected chi connectivity index (χ4v) is 1.93. The molecule has 2 aromatic rings. The number of ether oxygens (including phenoxy) is 1. The summed E-state index contributed by atoms with van der Waals surface area (Å²) in [5, 5.41) is 11.9. The molecule has 0 radical (unpaired) electrons. The van der Waals surface area contributed by atoms with Gasteiger partial charge >= 0.3 is 0 Å². The van der Waals surface area contributed by atoms with Gasteiger partial charge in [-0.1, -0.05) is 6.07 Å². The van der Waals surface area contributed by atoms with Gasteiger partial charge in [-0.05, 0) is 11.4 Å². The Balaban J connectivity index is 2.29. The molecule has 4 nitrogen and oxygen atoms in total. The number of aliphatic hydroxyl groups excluding tert-OH is 1. The number of nitrogens with zero attached hydrogens (tertiary/aromatic N) is 2. The van der Waals surface area contributed by atoms with Gasteiger partial charge in [-0.25, -0.2) is 9.97 Å². The second-order valence-electron chi connectivity index (χ2n) is 2.90. The molecule has 0 bridgehead atoms. The van der Waals surface area contributed by atoms with Gasteiger partial charge in [0, 0.05) is 10.9 Å². The maximum atomic E-state index is 9.97. The molecule has 78 valence electrons. The summed E-state index contributed by atoms with van der Waals surface area (Å²) in [7, 11) is 1.53. The minimum atomic E-state index is -0.707. The molecular weight excluding hydrogens is 212 g/mol. The fraction of sp³-hybridized carbons (Fsp3) is 0.200. The highest BCUT2D eigenvalue weighted by atomic mass is 32.1. The van der Waals surface area contributed by atoms with E-state index < -0.39 is 6.10 Å². The monoisotopic (exact) mass is 222 g/mol. The molecule has 1 unspecified atom stereocenters. The Labute approximate surface area is 91.2 Å². The number of rotatable bonds is 3. The predicted molar refractivity (Wildman–Crippen MR) is 57.0 cm³/mol. The third-order valence-electron chi connectivity index (χ3n) is 1.97. The molecule has 15 heavy (non-hydrogen) atoms. The summed E-state index contributed by atoms with van der Waals surface area (Å²) >= 11 is 1.49. The van der Waals surface area contributed by atoms with Crippen molar-refractivity contribution in [2.75, 3.05) is 7.11 Å². The van der Waals surface area contributed by atoms with E-state index in [9.17, 15) is 5.11 Å². The van der Waals surface area contributed by atoms with Gasteiger partial charge in [0.1, 0.15) is 12.4 Å². The summed E-state index contributed by atoms with van der Waals surface area (Å²) in [5.41, 5.74) is 0.546. The van der Waals surface area contributed by atoms with Crippen molar-refractivity contribution in [1.29, 1.82) is 0 Å². The molecule has 0 aliphatic heterocycles. The van der Waals surface area contributed by atoms with E-state index in [-0.39, 0.29) is 0 Å². The molecule has 2 heterocycles. The SMILES string of the molecule is COc1cc(C(O)c2cccs2)ncn1. The van der Waals surface area contributed by atoms with Crippen LogP contribution in [-0.2, 0) is 0 Å². The first-order valence-corrected chi connectivity index (χ1v) is 5.26. The minimum Gasteiger partial charge on any atom is -0.481 e. The van der Waals surface area contributed by atoms with Crippen molar-refractivity contribution in [3.8, 4) is 5.88 Å². The Morgan fingerprint density at radius 1 is 1.47 bits per heavy atom. The van der Waals surface area contributed by atoms with Crippen molar-refractivity contribution < 1.29 is 9.84 Å². The molecule has 0 aliphatic rings. The van der Waals surface area contributed by atoms with Gasteiger partial charge in [0.2, 0.25) is 5.88 Å². The van der Waals surface area contributed by atoms with Crippen molar-refractivity contribution in [1.82, 2.24) is 9.97 Å². The number of thiophene rings is 1. The summed E-state index contributed by atoms with van der Waals surface area (Å²) in [6.45, 7) is 0. The van der Waals surface area contributed by atoms with E-state index in [0.717, 1.165) is 4.88 Å². The molecule has 2 rings (SSSR count). The van der Waals surface area contributed by atoms with Gasteiger partial charge in [-0.2, -0.15) is 0 Å². The lowest BCUT2D eigenvalue weighted by atomic mass is 10.2. The number of hydrogen-bond donors (Lipinski definition) is 1. The Hall–Kier alpha value is -1.46. The molecule has 1 N–H and O–H groups in total. The molecule has 0 saturated carbocycles. The van der Waals surface area contributed by atoms with Crippen molar-refractivity contribution in [2.24, 2.45) is 0 Å². The van der Waals surface area contributed by atoms with Crippen LogP contribution in [0.1, 0.15) is 16.7 Å². The third-order valence-corrected chi connectivity index (χ3v) is 2.89. The van der Waals surface area contributed by atoms with E-state index in [0.29, 0.717) is 11.6 Å². The Bertz CT molecular complexity index is 431. The second kappa shape index (κ2) is 4.37. The molecular formula is C10H10N2O2S. The molecule has 0 saturated heterocycles. The number of hydrogen-bond acceptors (Lipinski definition) is 5. The summed E-state index contributed by atoms with van der Waals surface area (Å²) in [6, 6.07) is 5.38. The van der Waals surface area contributed by atoms with Crippen LogP contribution in [0.3, 0.4) is 0 Å². The summed E-state index contributed by atoms with van der Waals surface area (Å²) in [6.07, 6.45) is 0.673. The summed E-state index contributed by atoms with van der Waals surface area (Å²) in [5.74, 6) is 0.454. The molecule has 0 aliphatic carbocycles. The third kappa shape index (κ3) is 2.14. The van der Waals surface area contributed by atoms with Crippen molar-refractivity contribution in [3.63, 3.8) is 0 Å². The summed E-state index contributed by atoms with van der Waals surface area (Å²) in [4.78, 5) is 8.75. The van der Waals surface area contributed by atoms with Crippen LogP contribution in [0.5, 0.6) is 5.88 Å². The van der Waals surface area contributed by atoms with E-state index in [1.54, 1.807) is 6.07 Å². The van der Waals surface area contributed by atoms with Crippen LogP contribution in [0.15, 0.2) is 29.9 Å². The maximum absolute atomic E-state index is 9.97. The zero-order chi connectivity index (χ0) is 10.7. The van der Waals surface area contributed by atoms with Crippen molar-refractivity contribution >= 4 is 11.3 Å². The topological polar surface area (TPSA) is 55.2 Å². The normalized spacial score (nSPS) is 12.4. The first kappa shape index (κ1) is 10.1. The Morgan fingerprint density at radius 3 is 3.00 bits per heavy atom. The lowest BCUT2D eigenvalue weighted by Gasteiger charge is -2.08. The molecule has 0 amide bonds. The molecule has 0 fully saturated rings. The van der Waals surface area contributed by atoms with Crippen LogP contribution in [0, 0.1) is 0 Å². The van der Waals surface area contributed by atoms with E-state index >= 15 is 0 Å². The molecule has 2 aromatic heterocycles. The molecule has 5 heteroatoms. The average molecular weight is 222 g/mol. The summed E-state index contributed by atoms with van der Waals surface area (Å²) < 4.78 is 4.96. The number of aromatic nitrogens is 2. The smallest absolute Gasteiger partial charge is 0.216 e. The van der Waals surface area contributed by atoms with Gasteiger partial charge in [0.15, 0.2) is 0 Å². The van der Waals surface area contributed by atoms with Gasteiger partial charge in [-0.15, -0.1) is 11.3 Å². The maximum Gasteiger partial charge on any atom is 0.216 e. The first-order chi connectivity index (χ1) is 7.31. The molecule has 0 spiro atoms. The highest BCUT2D eigenvalue weighted by Gasteiger charge is 2.13. The van der Waals surface area contributed by atoms with Crippen molar-refractivity contribution in [3.05, 3.63) is 40.5 Å². The van der Waals surface area contributed by atoms with Crippen LogP contribution in [-0.4, -0.2) is 22.2 Å². The van der Waals surface area contributed by atoms with E-state index in [1.807, 2.05) is 17.5 Å². The fourth-order valence-electron chi connectivity index (χ4n) is 1.21. The van der Waals surface area contributed by atoms with E-state index in [4.69, 9.17) is 4.74 Å². The quantitative estimate of drug-likeness (QED) is 0.857. The van der Waals surface area contributed by atoms with Gasteiger partial charge in [0.25, 0.3) is 0 Å². The van der Waals surface area contributed by atoms with Crippen LogP contribution >= 0.6 is 11.3 Å².